The summed E-state index contributed by atoms with van der Waals surface area (Å²) in [7, 11) is 1.57. The molecule has 3 aliphatic heterocycles. The maximum absolute atomic E-state index is 14.8. The first-order valence-electron chi connectivity index (χ1n) is 14.7. The molecule has 224 valence electrons. The molecule has 3 fully saturated rings. The summed E-state index contributed by atoms with van der Waals surface area (Å²) in [6, 6.07) is 14.9. The topological polar surface area (TPSA) is 106 Å². The standard InChI is InChI=1S/C33H40N2O7/c1-5-19-34(23-13-15-25(40-4)16-14-23)30(38)28-33-18-17-32(6-2,42-33)27(31(39)41-7-3)26(33)29(37)35(28)24(21-36)20-22-11-9-8-10-12-22/h5,8-16,24,26-28,36H,1,6-7,17-21H2,2-4H3/t24-,26+,27-,28?,32+,33?/m1/s1. The number of aliphatic hydroxyl groups is 1. The summed E-state index contributed by atoms with van der Waals surface area (Å²) in [5.74, 6) is -2.28. The molecular weight excluding hydrogens is 536 g/mol. The Hall–Kier alpha value is -3.69. The fourth-order valence-electron chi connectivity index (χ4n) is 7.42. The van der Waals surface area contributed by atoms with Gasteiger partial charge in [-0.2, -0.15) is 0 Å². The number of likely N-dealkylation sites (tertiary alicyclic amines) is 1. The van der Waals surface area contributed by atoms with Crippen LogP contribution in [0.15, 0.2) is 67.3 Å². The summed E-state index contributed by atoms with van der Waals surface area (Å²) in [5.41, 5.74) is -0.608. The number of anilines is 1. The van der Waals surface area contributed by atoms with E-state index >= 15 is 0 Å². The first kappa shape index (κ1) is 29.8. The van der Waals surface area contributed by atoms with Crippen molar-refractivity contribution in [3.8, 4) is 5.75 Å². The van der Waals surface area contributed by atoms with Crippen LogP contribution in [0.25, 0.3) is 0 Å². The molecule has 3 aliphatic rings. The van der Waals surface area contributed by atoms with Crippen LogP contribution in [0.5, 0.6) is 5.75 Å². The lowest BCUT2D eigenvalue weighted by Crippen LogP contribution is -2.59. The summed E-state index contributed by atoms with van der Waals surface area (Å²) < 4.78 is 17.6. The summed E-state index contributed by atoms with van der Waals surface area (Å²) in [5, 5.41) is 10.7. The highest BCUT2D eigenvalue weighted by Crippen LogP contribution is 2.65. The van der Waals surface area contributed by atoms with Gasteiger partial charge in [-0.05, 0) is 62.4 Å². The highest BCUT2D eigenvalue weighted by molar-refractivity contribution is 6.05. The molecular formula is C33H40N2O7. The number of nitrogens with zero attached hydrogens (tertiary/aromatic N) is 2. The van der Waals surface area contributed by atoms with E-state index in [1.54, 1.807) is 49.3 Å². The van der Waals surface area contributed by atoms with E-state index in [9.17, 15) is 19.5 Å². The van der Waals surface area contributed by atoms with Crippen LogP contribution in [0.1, 0.15) is 38.7 Å². The van der Waals surface area contributed by atoms with Crippen molar-refractivity contribution in [2.24, 2.45) is 11.8 Å². The van der Waals surface area contributed by atoms with Crippen molar-refractivity contribution in [3.63, 3.8) is 0 Å². The average Bonchev–Trinajstić information content (AvgIpc) is 3.62. The molecule has 42 heavy (non-hydrogen) atoms. The maximum atomic E-state index is 14.8. The second kappa shape index (κ2) is 11.9. The van der Waals surface area contributed by atoms with Crippen LogP contribution in [0.2, 0.25) is 0 Å². The molecule has 2 unspecified atom stereocenters. The van der Waals surface area contributed by atoms with Gasteiger partial charge in [0.15, 0.2) is 0 Å². The van der Waals surface area contributed by atoms with Crippen LogP contribution in [-0.4, -0.2) is 77.9 Å². The van der Waals surface area contributed by atoms with E-state index < -0.39 is 41.1 Å². The van der Waals surface area contributed by atoms with E-state index in [4.69, 9.17) is 14.2 Å². The molecule has 3 heterocycles. The third kappa shape index (κ3) is 4.68. The smallest absolute Gasteiger partial charge is 0.312 e. The number of hydrogen-bond donors (Lipinski definition) is 1. The molecule has 2 bridgehead atoms. The Balaban J connectivity index is 1.63. The summed E-state index contributed by atoms with van der Waals surface area (Å²) >= 11 is 0. The molecule has 2 amide bonds. The highest BCUT2D eigenvalue weighted by atomic mass is 16.6. The second-order valence-electron chi connectivity index (χ2n) is 11.3. The number of rotatable bonds is 12. The van der Waals surface area contributed by atoms with Gasteiger partial charge >= 0.3 is 5.97 Å². The number of amides is 2. The van der Waals surface area contributed by atoms with Crippen molar-refractivity contribution in [1.29, 1.82) is 0 Å². The minimum absolute atomic E-state index is 0.174. The molecule has 3 saturated heterocycles. The Kier molecular flexibility index (Phi) is 8.44. The first-order chi connectivity index (χ1) is 20.3. The number of benzene rings is 2. The Labute approximate surface area is 247 Å². The van der Waals surface area contributed by atoms with Crippen LogP contribution >= 0.6 is 0 Å². The van der Waals surface area contributed by atoms with E-state index in [1.165, 1.54) is 4.90 Å². The van der Waals surface area contributed by atoms with Crippen LogP contribution < -0.4 is 9.64 Å². The molecule has 0 aliphatic carbocycles. The summed E-state index contributed by atoms with van der Waals surface area (Å²) in [6.45, 7) is 7.55. The fourth-order valence-corrected chi connectivity index (χ4v) is 7.42. The Bertz CT molecular complexity index is 1320. The van der Waals surface area contributed by atoms with Crippen molar-refractivity contribution < 1.29 is 33.7 Å². The molecule has 9 nitrogen and oxygen atoms in total. The van der Waals surface area contributed by atoms with Crippen LogP contribution in [0.3, 0.4) is 0 Å². The van der Waals surface area contributed by atoms with Crippen molar-refractivity contribution in [1.82, 2.24) is 4.90 Å². The summed E-state index contributed by atoms with van der Waals surface area (Å²) in [4.78, 5) is 46.0. The lowest BCUT2D eigenvalue weighted by molar-refractivity contribution is -0.161. The van der Waals surface area contributed by atoms with Crippen LogP contribution in [0, 0.1) is 11.8 Å². The van der Waals surface area contributed by atoms with Crippen molar-refractivity contribution in [2.45, 2.75) is 62.8 Å². The number of carbonyl (C=O) groups is 3. The van der Waals surface area contributed by atoms with Gasteiger partial charge in [0.2, 0.25) is 5.91 Å². The fraction of sp³-hybridized carbons (Fsp3) is 0.485. The Morgan fingerprint density at radius 3 is 2.48 bits per heavy atom. The zero-order valence-corrected chi connectivity index (χ0v) is 24.5. The molecule has 9 heteroatoms. The van der Waals surface area contributed by atoms with Gasteiger partial charge in [0.1, 0.15) is 23.3 Å². The second-order valence-corrected chi connectivity index (χ2v) is 11.3. The first-order valence-corrected chi connectivity index (χ1v) is 14.7. The third-order valence-corrected chi connectivity index (χ3v) is 9.27. The van der Waals surface area contributed by atoms with E-state index in [0.717, 1.165) is 5.56 Å². The zero-order valence-electron chi connectivity index (χ0n) is 24.5. The minimum atomic E-state index is -1.24. The number of fused-ring (bicyclic) bond motifs is 1. The SMILES string of the molecule is C=CCN(C(=O)C1N([C@@H](CO)Cc2ccccc2)C(=O)[C@@H]2[C@H](C(=O)OCC)[C@]3(CC)CCC12O3)c1ccc(OC)cc1. The molecule has 0 saturated carbocycles. The third-order valence-electron chi connectivity index (χ3n) is 9.27. The van der Waals surface area contributed by atoms with Gasteiger partial charge in [0.05, 0.1) is 37.9 Å². The van der Waals surface area contributed by atoms with E-state index in [-0.39, 0.29) is 31.6 Å². The molecule has 0 aromatic heterocycles. The number of methoxy groups -OCH3 is 1. The molecule has 1 N–H and O–H groups in total. The van der Waals surface area contributed by atoms with E-state index in [0.29, 0.717) is 37.1 Å². The van der Waals surface area contributed by atoms with Crippen molar-refractivity contribution in [3.05, 3.63) is 72.8 Å². The molecule has 2 aromatic rings. The Morgan fingerprint density at radius 1 is 1.17 bits per heavy atom. The highest BCUT2D eigenvalue weighted by Gasteiger charge is 2.79. The quantitative estimate of drug-likeness (QED) is 0.304. The van der Waals surface area contributed by atoms with Gasteiger partial charge in [0, 0.05) is 12.2 Å². The molecule has 2 aromatic carbocycles. The van der Waals surface area contributed by atoms with E-state index in [1.807, 2.05) is 37.3 Å². The minimum Gasteiger partial charge on any atom is -0.497 e. The van der Waals surface area contributed by atoms with Crippen molar-refractivity contribution >= 4 is 23.5 Å². The van der Waals surface area contributed by atoms with Gasteiger partial charge in [-0.1, -0.05) is 43.3 Å². The van der Waals surface area contributed by atoms with Crippen molar-refractivity contribution in [2.75, 3.05) is 31.8 Å². The monoisotopic (exact) mass is 576 g/mol. The van der Waals surface area contributed by atoms with E-state index in [2.05, 4.69) is 6.58 Å². The van der Waals surface area contributed by atoms with Crippen LogP contribution in [-0.2, 0) is 30.3 Å². The molecule has 1 spiro atoms. The Morgan fingerprint density at radius 2 is 1.88 bits per heavy atom. The maximum Gasteiger partial charge on any atom is 0.312 e. The van der Waals surface area contributed by atoms with Gasteiger partial charge in [-0.15, -0.1) is 6.58 Å². The molecule has 0 radical (unpaired) electrons. The number of aliphatic hydroxyl groups excluding tert-OH is 1. The number of esters is 1. The lowest BCUT2D eigenvalue weighted by Gasteiger charge is -2.39. The number of ether oxygens (including phenoxy) is 3. The van der Waals surface area contributed by atoms with Gasteiger partial charge in [-0.25, -0.2) is 0 Å². The molecule has 5 rings (SSSR count). The number of hydrogen-bond acceptors (Lipinski definition) is 7. The van der Waals surface area contributed by atoms with Gasteiger partial charge < -0.3 is 29.1 Å². The average molecular weight is 577 g/mol. The molecule has 6 atom stereocenters. The number of carbonyl (C=O) groups excluding carboxylic acids is 3. The van der Waals surface area contributed by atoms with Gasteiger partial charge in [0.25, 0.3) is 5.91 Å². The van der Waals surface area contributed by atoms with Gasteiger partial charge in [-0.3, -0.25) is 14.4 Å². The zero-order chi connectivity index (χ0) is 30.1. The normalized spacial score (nSPS) is 28.3. The summed E-state index contributed by atoms with van der Waals surface area (Å²) in [6.07, 6.45) is 3.44. The lowest BCUT2D eigenvalue weighted by atomic mass is 9.65. The predicted octanol–water partition coefficient (Wildman–Crippen LogP) is 3.54. The van der Waals surface area contributed by atoms with Crippen LogP contribution in [0.4, 0.5) is 5.69 Å². The predicted molar refractivity (Wildman–Crippen MR) is 157 cm³/mol. The largest absolute Gasteiger partial charge is 0.497 e.